The summed E-state index contributed by atoms with van der Waals surface area (Å²) >= 11 is 0. The van der Waals surface area contributed by atoms with E-state index in [4.69, 9.17) is 0 Å². The second kappa shape index (κ2) is 8.85. The van der Waals surface area contributed by atoms with Crippen LogP contribution in [0.2, 0.25) is 0 Å². The fourth-order valence-electron chi connectivity index (χ4n) is 2.65. The Balaban J connectivity index is 2.61. The molecule has 2 aromatic carbocycles. The highest BCUT2D eigenvalue weighted by molar-refractivity contribution is 6.23. The molecule has 9 heteroatoms. The molecule has 0 saturated carbocycles. The van der Waals surface area contributed by atoms with E-state index in [2.05, 4.69) is 5.32 Å². The first-order valence-corrected chi connectivity index (χ1v) is 8.41. The second-order valence-corrected chi connectivity index (χ2v) is 5.87. The first-order chi connectivity index (χ1) is 13.3. The van der Waals surface area contributed by atoms with Crippen molar-refractivity contribution in [2.45, 2.75) is 26.3 Å². The Morgan fingerprint density at radius 3 is 2.32 bits per heavy atom. The summed E-state index contributed by atoms with van der Waals surface area (Å²) in [5.41, 5.74) is -1.49. The van der Waals surface area contributed by atoms with Crippen molar-refractivity contribution in [1.82, 2.24) is 5.32 Å². The molecular weight excluding hydrogens is 369 g/mol. The Kier molecular flexibility index (Phi) is 6.54. The summed E-state index contributed by atoms with van der Waals surface area (Å²) in [6.45, 7) is 2.84. The van der Waals surface area contributed by atoms with E-state index in [1.54, 1.807) is 25.1 Å². The van der Waals surface area contributed by atoms with E-state index >= 15 is 0 Å². The van der Waals surface area contributed by atoms with Crippen LogP contribution in [0.25, 0.3) is 0 Å². The van der Waals surface area contributed by atoms with Crippen LogP contribution < -0.4 is 10.2 Å². The van der Waals surface area contributed by atoms with E-state index in [1.165, 1.54) is 19.1 Å². The van der Waals surface area contributed by atoms with Crippen LogP contribution in [0.3, 0.4) is 0 Å². The van der Waals surface area contributed by atoms with Crippen molar-refractivity contribution in [3.05, 3.63) is 70.0 Å². The van der Waals surface area contributed by atoms with E-state index in [9.17, 15) is 28.9 Å². The molecule has 0 heterocycles. The summed E-state index contributed by atoms with van der Waals surface area (Å²) in [5.74, 6) is -3.63. The molecule has 0 aromatic heterocycles. The van der Waals surface area contributed by atoms with Gasteiger partial charge in [-0.15, -0.1) is 0 Å². The van der Waals surface area contributed by atoms with Crippen molar-refractivity contribution >= 4 is 29.1 Å². The lowest BCUT2D eigenvalue weighted by molar-refractivity contribution is -0.385. The third-order valence-corrected chi connectivity index (χ3v) is 3.92. The number of para-hydroxylation sites is 1. The van der Waals surface area contributed by atoms with Gasteiger partial charge in [0, 0.05) is 13.0 Å². The molecular formula is C19H18FN3O5. The largest absolute Gasteiger partial charge is 0.345 e. The quantitative estimate of drug-likeness (QED) is 0.605. The number of anilines is 1. The summed E-state index contributed by atoms with van der Waals surface area (Å²) in [5, 5.41) is 13.7. The summed E-state index contributed by atoms with van der Waals surface area (Å²) in [4.78, 5) is 48.5. The van der Waals surface area contributed by atoms with Crippen molar-refractivity contribution in [3.63, 3.8) is 0 Å². The highest BCUT2D eigenvalue weighted by Gasteiger charge is 2.35. The van der Waals surface area contributed by atoms with Crippen LogP contribution in [0.4, 0.5) is 15.8 Å². The molecule has 3 amide bonds. The minimum Gasteiger partial charge on any atom is -0.345 e. The lowest BCUT2D eigenvalue weighted by atomic mass is 10.1. The Morgan fingerprint density at radius 2 is 1.79 bits per heavy atom. The standard InChI is InChI=1S/C19H18FN3O5/c1-3-15(21-12(2)24)18(25)22(13-8-5-4-6-9-13)19(26)17-14(20)10-7-11-16(17)23(27)28/h4-11,15H,3H2,1-2H3,(H,21,24)/t15-/m0/s1. The number of amides is 3. The van der Waals surface area contributed by atoms with Crippen LogP contribution >= 0.6 is 0 Å². The van der Waals surface area contributed by atoms with Gasteiger partial charge in [-0.25, -0.2) is 9.29 Å². The molecule has 0 aliphatic rings. The lowest BCUT2D eigenvalue weighted by Gasteiger charge is -2.26. The van der Waals surface area contributed by atoms with Crippen LogP contribution in [0.5, 0.6) is 0 Å². The van der Waals surface area contributed by atoms with Gasteiger partial charge < -0.3 is 5.32 Å². The maximum atomic E-state index is 14.4. The highest BCUT2D eigenvalue weighted by atomic mass is 19.1. The number of nitrogens with zero attached hydrogens (tertiary/aromatic N) is 2. The Hall–Kier alpha value is -3.62. The number of hydrogen-bond donors (Lipinski definition) is 1. The second-order valence-electron chi connectivity index (χ2n) is 5.87. The van der Waals surface area contributed by atoms with Gasteiger partial charge in [-0.3, -0.25) is 24.5 Å². The van der Waals surface area contributed by atoms with Gasteiger partial charge in [0.15, 0.2) is 5.56 Å². The van der Waals surface area contributed by atoms with Crippen LogP contribution in [-0.2, 0) is 9.59 Å². The molecule has 0 aliphatic carbocycles. The first-order valence-electron chi connectivity index (χ1n) is 8.41. The van der Waals surface area contributed by atoms with Crippen LogP contribution in [0, 0.1) is 15.9 Å². The smallest absolute Gasteiger partial charge is 0.285 e. The van der Waals surface area contributed by atoms with Crippen molar-refractivity contribution < 1.29 is 23.7 Å². The van der Waals surface area contributed by atoms with E-state index in [1.807, 2.05) is 0 Å². The van der Waals surface area contributed by atoms with Crippen molar-refractivity contribution in [2.75, 3.05) is 4.90 Å². The number of benzene rings is 2. The molecule has 1 atom stereocenters. The van der Waals surface area contributed by atoms with Crippen molar-refractivity contribution in [2.24, 2.45) is 0 Å². The van der Waals surface area contributed by atoms with Gasteiger partial charge >= 0.3 is 0 Å². The molecule has 2 aromatic rings. The topological polar surface area (TPSA) is 110 Å². The summed E-state index contributed by atoms with van der Waals surface area (Å²) in [6.07, 6.45) is 0.161. The van der Waals surface area contributed by atoms with Gasteiger partial charge in [-0.05, 0) is 24.6 Å². The Bertz CT molecular complexity index is 917. The van der Waals surface area contributed by atoms with Crippen LogP contribution in [-0.4, -0.2) is 28.7 Å². The number of rotatable bonds is 6. The number of nitro benzene ring substituents is 1. The van der Waals surface area contributed by atoms with Gasteiger partial charge in [-0.2, -0.15) is 0 Å². The van der Waals surface area contributed by atoms with Crippen molar-refractivity contribution in [1.29, 1.82) is 0 Å². The number of nitrogens with one attached hydrogen (secondary N) is 1. The normalized spacial score (nSPS) is 11.4. The average Bonchev–Trinajstić information content (AvgIpc) is 2.66. The predicted molar refractivity (Wildman–Crippen MR) is 99.2 cm³/mol. The molecule has 2 rings (SSSR count). The third-order valence-electron chi connectivity index (χ3n) is 3.92. The number of halogens is 1. The zero-order valence-corrected chi connectivity index (χ0v) is 15.2. The minimum absolute atomic E-state index is 0.0962. The molecule has 0 aliphatic heterocycles. The highest BCUT2D eigenvalue weighted by Crippen LogP contribution is 2.26. The molecule has 0 spiro atoms. The number of carbonyl (C=O) groups is 3. The maximum absolute atomic E-state index is 14.4. The summed E-state index contributed by atoms with van der Waals surface area (Å²) < 4.78 is 14.4. The fraction of sp³-hybridized carbons (Fsp3) is 0.211. The molecule has 0 unspecified atom stereocenters. The van der Waals surface area contributed by atoms with E-state index in [0.29, 0.717) is 4.90 Å². The number of hydrogen-bond acceptors (Lipinski definition) is 5. The van der Waals surface area contributed by atoms with Gasteiger partial charge in [-0.1, -0.05) is 31.2 Å². The molecule has 0 radical (unpaired) electrons. The molecule has 1 N–H and O–H groups in total. The van der Waals surface area contributed by atoms with Gasteiger partial charge in [0.05, 0.1) is 10.6 Å². The molecule has 8 nitrogen and oxygen atoms in total. The Morgan fingerprint density at radius 1 is 1.14 bits per heavy atom. The molecule has 0 saturated heterocycles. The SMILES string of the molecule is CC[C@H](NC(C)=O)C(=O)N(C(=O)c1c(F)cccc1[N+](=O)[O-])c1ccccc1. The summed E-state index contributed by atoms with van der Waals surface area (Å²) in [6, 6.07) is 9.54. The van der Waals surface area contributed by atoms with E-state index in [-0.39, 0.29) is 12.1 Å². The fourth-order valence-corrected chi connectivity index (χ4v) is 2.65. The van der Waals surface area contributed by atoms with E-state index < -0.39 is 45.8 Å². The van der Waals surface area contributed by atoms with Crippen LogP contribution in [0.15, 0.2) is 48.5 Å². The van der Waals surface area contributed by atoms with Gasteiger partial charge in [0.1, 0.15) is 11.9 Å². The third kappa shape index (κ3) is 4.37. The van der Waals surface area contributed by atoms with Crippen LogP contribution in [0.1, 0.15) is 30.6 Å². The zero-order valence-electron chi connectivity index (χ0n) is 15.2. The summed E-state index contributed by atoms with van der Waals surface area (Å²) in [7, 11) is 0. The first kappa shape index (κ1) is 20.7. The molecule has 28 heavy (non-hydrogen) atoms. The number of nitro groups is 1. The maximum Gasteiger partial charge on any atom is 0.285 e. The minimum atomic E-state index is -1.19. The predicted octanol–water partition coefficient (Wildman–Crippen LogP) is 2.82. The number of imide groups is 1. The van der Waals surface area contributed by atoms with E-state index in [0.717, 1.165) is 18.2 Å². The van der Waals surface area contributed by atoms with Gasteiger partial charge in [0.25, 0.3) is 17.5 Å². The monoisotopic (exact) mass is 387 g/mol. The molecule has 0 bridgehead atoms. The van der Waals surface area contributed by atoms with Gasteiger partial charge in [0.2, 0.25) is 5.91 Å². The molecule has 0 fully saturated rings. The zero-order chi connectivity index (χ0) is 20.8. The average molecular weight is 387 g/mol. The lowest BCUT2D eigenvalue weighted by Crippen LogP contribution is -2.50. The number of carbonyl (C=O) groups excluding carboxylic acids is 3. The van der Waals surface area contributed by atoms with Crippen molar-refractivity contribution in [3.8, 4) is 0 Å². The molecule has 146 valence electrons. The Labute approximate surface area is 160 Å².